The molecular formula is C21H20F4N4O5S. The van der Waals surface area contributed by atoms with Gasteiger partial charge in [-0.2, -0.15) is 0 Å². The Hall–Kier alpha value is -3.42. The largest absolute Gasteiger partial charge is 0.586 e. The molecule has 0 aliphatic carbocycles. The molecule has 1 aromatic heterocycles. The molecule has 0 spiro atoms. The topological polar surface area (TPSA) is 133 Å². The molecule has 9 nitrogen and oxygen atoms in total. The van der Waals surface area contributed by atoms with Crippen molar-refractivity contribution in [1.29, 1.82) is 0 Å². The van der Waals surface area contributed by atoms with E-state index in [1.165, 1.54) is 13.0 Å². The molecule has 2 aliphatic rings. The number of nitrogens with two attached hydrogens (primary N) is 1. The molecule has 2 atom stereocenters. The van der Waals surface area contributed by atoms with Crippen molar-refractivity contribution in [3.8, 4) is 11.5 Å². The summed E-state index contributed by atoms with van der Waals surface area (Å²) in [5, 5.41) is 2.42. The number of alkyl halides is 3. The highest BCUT2D eigenvalue weighted by Gasteiger charge is 2.49. The Bertz CT molecular complexity index is 1350. The summed E-state index contributed by atoms with van der Waals surface area (Å²) < 4.78 is 86.9. The fourth-order valence-corrected chi connectivity index (χ4v) is 4.75. The van der Waals surface area contributed by atoms with Gasteiger partial charge in [-0.25, -0.2) is 22.2 Å². The Morgan fingerprint density at radius 3 is 2.51 bits per heavy atom. The number of halogens is 4. The summed E-state index contributed by atoms with van der Waals surface area (Å²) in [7, 11) is -3.69. The number of aromatic nitrogens is 1. The molecule has 2 aromatic rings. The molecule has 14 heteroatoms. The average Bonchev–Trinajstić information content (AvgIpc) is 3.09. The van der Waals surface area contributed by atoms with Crippen LogP contribution in [0.1, 0.15) is 35.8 Å². The number of pyridine rings is 1. The summed E-state index contributed by atoms with van der Waals surface area (Å²) in [6.45, 7) is 0.185. The number of amidine groups is 1. The fraction of sp³-hybridized carbons (Fsp3) is 0.381. The monoisotopic (exact) mass is 516 g/mol. The molecule has 0 saturated carbocycles. The number of aliphatic imine (C=N–C) groups is 1. The number of carbonyl (C=O) groups is 1. The van der Waals surface area contributed by atoms with Crippen LogP contribution in [0.25, 0.3) is 0 Å². The van der Waals surface area contributed by atoms with Crippen LogP contribution in [0.15, 0.2) is 35.5 Å². The minimum atomic E-state index is -3.89. The molecule has 0 bridgehead atoms. The first-order valence-electron chi connectivity index (χ1n) is 10.2. The van der Waals surface area contributed by atoms with Crippen LogP contribution in [0.2, 0.25) is 0 Å². The number of sulfone groups is 1. The Kier molecular flexibility index (Phi) is 5.69. The van der Waals surface area contributed by atoms with Crippen molar-refractivity contribution in [2.45, 2.75) is 36.3 Å². The molecule has 3 N–H and O–H groups in total. The molecule has 4 rings (SSSR count). The van der Waals surface area contributed by atoms with Crippen LogP contribution < -0.4 is 20.5 Å². The van der Waals surface area contributed by atoms with Crippen molar-refractivity contribution in [3.05, 3.63) is 47.5 Å². The number of hydrogen-bond acceptors (Lipinski definition) is 8. The zero-order valence-electron chi connectivity index (χ0n) is 18.4. The second-order valence-corrected chi connectivity index (χ2v) is 10.9. The highest BCUT2D eigenvalue weighted by atomic mass is 32.2. The van der Waals surface area contributed by atoms with E-state index in [0.717, 1.165) is 30.7 Å². The lowest BCUT2D eigenvalue weighted by Gasteiger charge is -2.39. The van der Waals surface area contributed by atoms with Crippen LogP contribution >= 0.6 is 0 Å². The van der Waals surface area contributed by atoms with E-state index in [4.69, 9.17) is 5.73 Å². The highest BCUT2D eigenvalue weighted by molar-refractivity contribution is 7.92. The van der Waals surface area contributed by atoms with E-state index in [9.17, 15) is 30.8 Å². The second-order valence-electron chi connectivity index (χ2n) is 8.50. The summed E-state index contributed by atoms with van der Waals surface area (Å²) in [6, 6.07) is 4.26. The number of hydrogen-bond donors (Lipinski definition) is 2. The van der Waals surface area contributed by atoms with Gasteiger partial charge in [0.1, 0.15) is 34.3 Å². The van der Waals surface area contributed by atoms with Gasteiger partial charge >= 0.3 is 6.29 Å². The lowest BCUT2D eigenvalue weighted by molar-refractivity contribution is -0.286. The van der Waals surface area contributed by atoms with Gasteiger partial charge in [0.25, 0.3) is 5.91 Å². The quantitative estimate of drug-likeness (QED) is 0.584. The van der Waals surface area contributed by atoms with Gasteiger partial charge in [-0.15, -0.1) is 8.78 Å². The van der Waals surface area contributed by atoms with Crippen molar-refractivity contribution < 1.29 is 40.2 Å². The van der Waals surface area contributed by atoms with Crippen LogP contribution in [0, 0.1) is 5.82 Å². The van der Waals surface area contributed by atoms with Gasteiger partial charge in [0, 0.05) is 23.6 Å². The predicted octanol–water partition coefficient (Wildman–Crippen LogP) is 2.91. The number of ether oxygens (including phenoxy) is 2. The summed E-state index contributed by atoms with van der Waals surface area (Å²) in [5.74, 6) is -2.79. The first-order valence-corrected chi connectivity index (χ1v) is 12.1. The maximum atomic E-state index is 14.8. The van der Waals surface area contributed by atoms with Crippen molar-refractivity contribution >= 4 is 27.3 Å². The van der Waals surface area contributed by atoms with Crippen molar-refractivity contribution in [3.63, 3.8) is 0 Å². The summed E-state index contributed by atoms with van der Waals surface area (Å²) in [5.41, 5.74) is 3.60. The van der Waals surface area contributed by atoms with E-state index in [1.807, 2.05) is 0 Å². The molecule has 0 radical (unpaired) electrons. The molecule has 2 aliphatic heterocycles. The summed E-state index contributed by atoms with van der Waals surface area (Å²) in [6.07, 6.45) is -2.29. The lowest BCUT2D eigenvalue weighted by atomic mass is 9.80. The molecule has 35 heavy (non-hydrogen) atoms. The van der Waals surface area contributed by atoms with Crippen LogP contribution in [0.5, 0.6) is 11.5 Å². The highest BCUT2D eigenvalue weighted by Crippen LogP contribution is 2.43. The normalized spacial score (nSPS) is 25.1. The number of rotatable bonds is 5. The third kappa shape index (κ3) is 4.26. The van der Waals surface area contributed by atoms with Crippen LogP contribution in [0.3, 0.4) is 0 Å². The van der Waals surface area contributed by atoms with Crippen molar-refractivity contribution in [1.82, 2.24) is 4.98 Å². The van der Waals surface area contributed by atoms with Gasteiger partial charge in [0.2, 0.25) is 0 Å². The van der Waals surface area contributed by atoms with Gasteiger partial charge in [0.15, 0.2) is 21.3 Å². The fourth-order valence-electron chi connectivity index (χ4n) is 3.85. The van der Waals surface area contributed by atoms with Crippen molar-refractivity contribution in [2.24, 2.45) is 10.7 Å². The maximum absolute atomic E-state index is 14.8. The number of nitrogens with one attached hydrogen (secondary N) is 1. The number of amides is 1. The van der Waals surface area contributed by atoms with Crippen LogP contribution in [-0.2, 0) is 15.4 Å². The number of carbonyl (C=O) groups excluding carboxylic acids is 1. The molecular weight excluding hydrogens is 496 g/mol. The van der Waals surface area contributed by atoms with Gasteiger partial charge in [-0.3, -0.25) is 9.79 Å². The van der Waals surface area contributed by atoms with E-state index in [0.29, 0.717) is 0 Å². The third-order valence-corrected chi connectivity index (χ3v) is 8.23. The number of nitrogens with zero attached hydrogens (tertiary/aromatic N) is 2. The zero-order chi connectivity index (χ0) is 25.8. The number of fused-ring (bicyclic) bond motifs is 1. The molecule has 0 fully saturated rings. The number of anilines is 1. The average molecular weight is 516 g/mol. The second kappa shape index (κ2) is 8.07. The van der Waals surface area contributed by atoms with E-state index in [2.05, 4.69) is 24.8 Å². The zero-order valence-corrected chi connectivity index (χ0v) is 19.3. The van der Waals surface area contributed by atoms with Gasteiger partial charge in [-0.1, -0.05) is 0 Å². The SMILES string of the molecule is C[C@@]1(S(C)(=O)=O)CC[C@@](CF)(c2cc(NC(=O)c3cc4c(cn3)OC(F)(F)O4)ccc2F)N=C1N. The molecule has 0 saturated heterocycles. The smallest absolute Gasteiger partial charge is 0.395 e. The summed E-state index contributed by atoms with van der Waals surface area (Å²) in [4.78, 5) is 20.4. The van der Waals surface area contributed by atoms with E-state index >= 15 is 0 Å². The number of benzene rings is 1. The van der Waals surface area contributed by atoms with Crippen LogP contribution in [0.4, 0.5) is 23.2 Å². The first kappa shape index (κ1) is 24.7. The molecule has 3 heterocycles. The minimum absolute atomic E-state index is 0.0224. The van der Waals surface area contributed by atoms with E-state index in [1.54, 1.807) is 0 Å². The van der Waals surface area contributed by atoms with E-state index in [-0.39, 0.29) is 41.4 Å². The minimum Gasteiger partial charge on any atom is -0.395 e. The summed E-state index contributed by atoms with van der Waals surface area (Å²) >= 11 is 0. The van der Waals surface area contributed by atoms with Crippen molar-refractivity contribution in [2.75, 3.05) is 18.2 Å². The molecule has 1 aromatic carbocycles. The Balaban J connectivity index is 1.64. The van der Waals surface area contributed by atoms with E-state index < -0.39 is 50.6 Å². The molecule has 0 unspecified atom stereocenters. The maximum Gasteiger partial charge on any atom is 0.586 e. The molecule has 1 amide bonds. The standard InChI is InChI=1S/C21H20F4N4O5S/c1-19(35(2,31)32)5-6-20(10-22,29-18(19)26)12-7-11(3-4-13(12)23)28-17(30)14-8-15-16(9-27-14)34-21(24,25)33-15/h3-4,7-9H,5-6,10H2,1-2H3,(H2,26,29)(H,28,30)/t19-,20-/m1/s1. The predicted molar refractivity (Wildman–Crippen MR) is 117 cm³/mol. The lowest BCUT2D eigenvalue weighted by Crippen LogP contribution is -2.53. The molecule has 188 valence electrons. The Labute approximate surface area is 197 Å². The Morgan fingerprint density at radius 1 is 1.20 bits per heavy atom. The Morgan fingerprint density at radius 2 is 1.89 bits per heavy atom. The van der Waals surface area contributed by atoms with Gasteiger partial charge < -0.3 is 20.5 Å². The van der Waals surface area contributed by atoms with Gasteiger partial charge in [0.05, 0.1) is 6.20 Å². The first-order chi connectivity index (χ1) is 16.2. The van der Waals surface area contributed by atoms with Gasteiger partial charge in [-0.05, 0) is 38.0 Å². The third-order valence-electron chi connectivity index (χ3n) is 6.18. The van der Waals surface area contributed by atoms with Crippen LogP contribution in [-0.4, -0.2) is 49.1 Å².